The minimum atomic E-state index is -4.19. The van der Waals surface area contributed by atoms with Crippen molar-refractivity contribution < 1.29 is 18.0 Å². The number of nitrogens with zero attached hydrogens (tertiary/aromatic N) is 2. The predicted octanol–water partition coefficient (Wildman–Crippen LogP) is 6.49. The molecule has 1 aliphatic rings. The van der Waals surface area contributed by atoms with Gasteiger partial charge in [0.15, 0.2) is 0 Å². The molecule has 2 amide bonds. The van der Waals surface area contributed by atoms with Gasteiger partial charge in [-0.15, -0.1) is 0 Å². The standard InChI is InChI=1S/C32H37Cl2N3O4S/c1-2-30(32(39)35-27-13-7-4-8-14-27)36(21-20-24-10-5-3-6-11-24)31(38)23-37(28-15-9-12-26(34)22-28)42(40,41)29-18-16-25(33)17-19-29/h3,5-6,9-12,15-19,22,27,30H,2,4,7-8,13-14,20-21,23H2,1H3,(H,35,39)/t30-/m1/s1. The van der Waals surface area contributed by atoms with Crippen molar-refractivity contribution >= 4 is 50.7 Å². The average Bonchev–Trinajstić information content (AvgIpc) is 2.99. The third-order valence-electron chi connectivity index (χ3n) is 7.60. The Labute approximate surface area is 258 Å². The summed E-state index contributed by atoms with van der Waals surface area (Å²) in [5, 5.41) is 3.88. The van der Waals surface area contributed by atoms with Crippen LogP contribution in [0.3, 0.4) is 0 Å². The zero-order valence-corrected chi connectivity index (χ0v) is 26.0. The number of benzene rings is 3. The number of hydrogen-bond donors (Lipinski definition) is 1. The molecule has 10 heteroatoms. The number of amides is 2. The van der Waals surface area contributed by atoms with E-state index in [1.807, 2.05) is 37.3 Å². The molecule has 3 aromatic rings. The summed E-state index contributed by atoms with van der Waals surface area (Å²) in [6, 6.07) is 21.2. The summed E-state index contributed by atoms with van der Waals surface area (Å²) in [6.07, 6.45) is 6.03. The molecule has 0 bridgehead atoms. The minimum Gasteiger partial charge on any atom is -0.352 e. The number of nitrogens with one attached hydrogen (secondary N) is 1. The van der Waals surface area contributed by atoms with Crippen molar-refractivity contribution in [3.8, 4) is 0 Å². The molecular formula is C32H37Cl2N3O4S. The van der Waals surface area contributed by atoms with Crippen molar-refractivity contribution in [2.45, 2.75) is 68.8 Å². The maximum atomic E-state index is 14.1. The van der Waals surface area contributed by atoms with Gasteiger partial charge in [0.2, 0.25) is 11.8 Å². The maximum Gasteiger partial charge on any atom is 0.264 e. The monoisotopic (exact) mass is 629 g/mol. The van der Waals surface area contributed by atoms with E-state index in [0.29, 0.717) is 22.9 Å². The maximum absolute atomic E-state index is 14.1. The lowest BCUT2D eigenvalue weighted by Gasteiger charge is -2.34. The Morgan fingerprint density at radius 2 is 1.60 bits per heavy atom. The van der Waals surface area contributed by atoms with Gasteiger partial charge in [0, 0.05) is 22.6 Å². The van der Waals surface area contributed by atoms with Crippen molar-refractivity contribution in [3.05, 3.63) is 94.5 Å². The van der Waals surface area contributed by atoms with E-state index in [9.17, 15) is 18.0 Å². The van der Waals surface area contributed by atoms with Gasteiger partial charge in [-0.3, -0.25) is 13.9 Å². The Bertz CT molecular complexity index is 1450. The first-order chi connectivity index (χ1) is 20.2. The fourth-order valence-corrected chi connectivity index (χ4v) is 7.05. The number of halogens is 2. The van der Waals surface area contributed by atoms with Gasteiger partial charge in [0.1, 0.15) is 12.6 Å². The van der Waals surface area contributed by atoms with E-state index in [1.165, 1.54) is 35.2 Å². The average molecular weight is 631 g/mol. The zero-order valence-electron chi connectivity index (χ0n) is 23.7. The molecule has 1 fully saturated rings. The van der Waals surface area contributed by atoms with Crippen LogP contribution in [-0.2, 0) is 26.0 Å². The van der Waals surface area contributed by atoms with Crippen molar-refractivity contribution in [3.63, 3.8) is 0 Å². The van der Waals surface area contributed by atoms with Gasteiger partial charge in [-0.1, -0.05) is 85.8 Å². The highest BCUT2D eigenvalue weighted by molar-refractivity contribution is 7.92. The lowest BCUT2D eigenvalue weighted by molar-refractivity contribution is -0.140. The summed E-state index contributed by atoms with van der Waals surface area (Å²) in [5.74, 6) is -0.685. The molecule has 1 atom stereocenters. The van der Waals surface area contributed by atoms with Crippen molar-refractivity contribution in [1.82, 2.24) is 10.2 Å². The number of carbonyl (C=O) groups excluding carboxylic acids is 2. The van der Waals surface area contributed by atoms with Crippen molar-refractivity contribution in [2.75, 3.05) is 17.4 Å². The highest BCUT2D eigenvalue weighted by atomic mass is 35.5. The first kappa shape index (κ1) is 31.9. The Morgan fingerprint density at radius 1 is 0.905 bits per heavy atom. The van der Waals surface area contributed by atoms with Gasteiger partial charge in [-0.25, -0.2) is 8.42 Å². The topological polar surface area (TPSA) is 86.8 Å². The second kappa shape index (κ2) is 14.9. The summed E-state index contributed by atoms with van der Waals surface area (Å²) < 4.78 is 28.9. The van der Waals surface area contributed by atoms with E-state index in [4.69, 9.17) is 23.2 Å². The predicted molar refractivity (Wildman–Crippen MR) is 168 cm³/mol. The second-order valence-corrected chi connectivity index (χ2v) is 13.3. The zero-order chi connectivity index (χ0) is 30.1. The van der Waals surface area contributed by atoms with Gasteiger partial charge < -0.3 is 10.2 Å². The molecule has 224 valence electrons. The van der Waals surface area contributed by atoms with Crippen LogP contribution in [0.25, 0.3) is 0 Å². The van der Waals surface area contributed by atoms with Gasteiger partial charge in [-0.05, 0) is 73.7 Å². The molecular weight excluding hydrogens is 593 g/mol. The van der Waals surface area contributed by atoms with Gasteiger partial charge in [0.25, 0.3) is 10.0 Å². The molecule has 4 rings (SSSR count). The van der Waals surface area contributed by atoms with E-state index in [1.54, 1.807) is 18.2 Å². The van der Waals surface area contributed by atoms with Gasteiger partial charge >= 0.3 is 0 Å². The summed E-state index contributed by atoms with van der Waals surface area (Å²) >= 11 is 12.3. The fraction of sp³-hybridized carbons (Fsp3) is 0.375. The van der Waals surface area contributed by atoms with Crippen LogP contribution in [0.5, 0.6) is 0 Å². The highest BCUT2D eigenvalue weighted by Gasteiger charge is 2.34. The first-order valence-electron chi connectivity index (χ1n) is 14.4. The number of carbonyl (C=O) groups is 2. The van der Waals surface area contributed by atoms with Gasteiger partial charge in [0.05, 0.1) is 10.6 Å². The summed E-state index contributed by atoms with van der Waals surface area (Å²) in [7, 11) is -4.19. The molecule has 1 saturated carbocycles. The van der Waals surface area contributed by atoms with Crippen molar-refractivity contribution in [1.29, 1.82) is 0 Å². The molecule has 7 nitrogen and oxygen atoms in total. The first-order valence-corrected chi connectivity index (χ1v) is 16.6. The Morgan fingerprint density at radius 3 is 2.24 bits per heavy atom. The van der Waals surface area contributed by atoms with Crippen LogP contribution >= 0.6 is 23.2 Å². The molecule has 1 N–H and O–H groups in total. The number of anilines is 1. The molecule has 0 radical (unpaired) electrons. The van der Waals surface area contributed by atoms with Crippen LogP contribution in [0.1, 0.15) is 51.0 Å². The van der Waals surface area contributed by atoms with Crippen LogP contribution in [0.4, 0.5) is 5.69 Å². The highest BCUT2D eigenvalue weighted by Crippen LogP contribution is 2.27. The second-order valence-electron chi connectivity index (χ2n) is 10.5. The molecule has 0 saturated heterocycles. The lowest BCUT2D eigenvalue weighted by atomic mass is 9.95. The van der Waals surface area contributed by atoms with E-state index >= 15 is 0 Å². The summed E-state index contributed by atoms with van der Waals surface area (Å²) in [4.78, 5) is 29.2. The Balaban J connectivity index is 1.66. The minimum absolute atomic E-state index is 0.0161. The fourth-order valence-electron chi connectivity index (χ4n) is 5.33. The Kier molecular flexibility index (Phi) is 11.3. The third-order valence-corrected chi connectivity index (χ3v) is 9.87. The molecule has 0 heterocycles. The van der Waals surface area contributed by atoms with Gasteiger partial charge in [-0.2, -0.15) is 0 Å². The Hall–Kier alpha value is -3.07. The molecule has 0 unspecified atom stereocenters. The van der Waals surface area contributed by atoms with Crippen LogP contribution in [-0.4, -0.2) is 50.3 Å². The number of rotatable bonds is 12. The van der Waals surface area contributed by atoms with E-state index in [2.05, 4.69) is 5.32 Å². The molecule has 1 aliphatic carbocycles. The molecule has 0 aromatic heterocycles. The normalized spacial score (nSPS) is 14.6. The summed E-state index contributed by atoms with van der Waals surface area (Å²) in [5.41, 5.74) is 1.26. The SMILES string of the molecule is CC[C@H](C(=O)NC1CCCCC1)N(CCc1ccccc1)C(=O)CN(c1cccc(Cl)c1)S(=O)(=O)c1ccc(Cl)cc1. The van der Waals surface area contributed by atoms with E-state index in [-0.39, 0.29) is 29.1 Å². The van der Waals surface area contributed by atoms with Crippen LogP contribution in [0.15, 0.2) is 83.8 Å². The summed E-state index contributed by atoms with van der Waals surface area (Å²) in [6.45, 7) is 1.62. The largest absolute Gasteiger partial charge is 0.352 e. The molecule has 42 heavy (non-hydrogen) atoms. The molecule has 0 aliphatic heterocycles. The quantitative estimate of drug-likeness (QED) is 0.248. The van der Waals surface area contributed by atoms with E-state index in [0.717, 1.165) is 42.0 Å². The third kappa shape index (κ3) is 8.27. The van der Waals surface area contributed by atoms with Crippen LogP contribution in [0, 0.1) is 0 Å². The lowest BCUT2D eigenvalue weighted by Crippen LogP contribution is -2.54. The van der Waals surface area contributed by atoms with Crippen LogP contribution in [0.2, 0.25) is 10.0 Å². The molecule has 0 spiro atoms. The van der Waals surface area contributed by atoms with E-state index < -0.39 is 28.5 Å². The van der Waals surface area contributed by atoms with Crippen LogP contribution < -0.4 is 9.62 Å². The smallest absolute Gasteiger partial charge is 0.264 e. The molecule has 3 aromatic carbocycles. The van der Waals surface area contributed by atoms with Crippen molar-refractivity contribution in [2.24, 2.45) is 0 Å². The number of hydrogen-bond acceptors (Lipinski definition) is 4. The number of sulfonamides is 1.